The van der Waals surface area contributed by atoms with E-state index in [-0.39, 0.29) is 17.4 Å². The largest absolute Gasteiger partial charge is 0.298 e. The molecular formula is C31H22F2N2O. The zero-order valence-corrected chi connectivity index (χ0v) is 19.4. The topological polar surface area (TPSA) is 64.7 Å². The van der Waals surface area contributed by atoms with E-state index in [4.69, 9.17) is 0 Å². The third-order valence-electron chi connectivity index (χ3n) is 6.28. The molecule has 4 rings (SSSR count). The highest BCUT2D eigenvalue weighted by atomic mass is 19.1. The highest BCUT2D eigenvalue weighted by Gasteiger charge is 2.30. The summed E-state index contributed by atoms with van der Waals surface area (Å²) in [5.74, 6) is -1.90. The van der Waals surface area contributed by atoms with Crippen LogP contribution in [0, 0.1) is 34.3 Å². The molecule has 36 heavy (non-hydrogen) atoms. The maximum atomic E-state index is 14.2. The summed E-state index contributed by atoms with van der Waals surface area (Å²) in [7, 11) is 0. The molecular weight excluding hydrogens is 454 g/mol. The fraction of sp³-hybridized carbons (Fsp3) is 0.129. The molecule has 4 aromatic rings. The molecule has 0 aliphatic carbocycles. The molecule has 2 atom stereocenters. The molecule has 0 bridgehead atoms. The molecule has 0 saturated carbocycles. The number of Topliss-reactive ketones (excluding diaryl/α,β-unsaturated/α-hetero) is 1. The van der Waals surface area contributed by atoms with Crippen molar-refractivity contribution < 1.29 is 13.6 Å². The Morgan fingerprint density at radius 1 is 0.583 bits per heavy atom. The maximum absolute atomic E-state index is 14.2. The second kappa shape index (κ2) is 11.2. The molecule has 0 fully saturated rings. The van der Waals surface area contributed by atoms with Crippen LogP contribution in [-0.4, -0.2) is 5.78 Å². The molecule has 4 aromatic carbocycles. The molecule has 0 amide bonds. The van der Waals surface area contributed by atoms with Gasteiger partial charge in [-0.25, -0.2) is 8.78 Å². The van der Waals surface area contributed by atoms with Gasteiger partial charge in [0.05, 0.1) is 23.3 Å². The van der Waals surface area contributed by atoms with Crippen molar-refractivity contribution in [1.82, 2.24) is 0 Å². The first-order chi connectivity index (χ1) is 17.5. The second-order valence-electron chi connectivity index (χ2n) is 8.64. The van der Waals surface area contributed by atoms with Crippen molar-refractivity contribution in [1.29, 1.82) is 10.5 Å². The number of carbonyl (C=O) groups excluding carboxylic acids is 1. The summed E-state index contributed by atoms with van der Waals surface area (Å²) >= 11 is 0. The van der Waals surface area contributed by atoms with Crippen LogP contribution in [0.1, 0.15) is 45.2 Å². The van der Waals surface area contributed by atoms with E-state index in [0.29, 0.717) is 24.0 Å². The van der Waals surface area contributed by atoms with Crippen LogP contribution < -0.4 is 0 Å². The second-order valence-corrected chi connectivity index (χ2v) is 8.64. The van der Waals surface area contributed by atoms with Crippen molar-refractivity contribution in [3.8, 4) is 12.1 Å². The summed E-state index contributed by atoms with van der Waals surface area (Å²) in [6.45, 7) is 0. The normalized spacial score (nSPS) is 12.2. The Morgan fingerprint density at radius 3 is 1.22 bits per heavy atom. The van der Waals surface area contributed by atoms with E-state index in [2.05, 4.69) is 12.1 Å². The van der Waals surface area contributed by atoms with Crippen LogP contribution in [0.2, 0.25) is 0 Å². The van der Waals surface area contributed by atoms with Crippen LogP contribution in [0.25, 0.3) is 0 Å². The van der Waals surface area contributed by atoms with Gasteiger partial charge in [-0.1, -0.05) is 48.5 Å². The Morgan fingerprint density at radius 2 is 0.917 bits per heavy atom. The minimum Gasteiger partial charge on any atom is -0.298 e. The van der Waals surface area contributed by atoms with Crippen molar-refractivity contribution in [2.24, 2.45) is 0 Å². The average Bonchev–Trinajstić information content (AvgIpc) is 2.92. The van der Waals surface area contributed by atoms with E-state index in [0.717, 1.165) is 22.3 Å². The summed E-state index contributed by atoms with van der Waals surface area (Å²) in [4.78, 5) is 14.2. The molecule has 0 spiro atoms. The molecule has 0 aliphatic rings. The highest BCUT2D eigenvalue weighted by Crippen LogP contribution is 2.32. The lowest BCUT2D eigenvalue weighted by Crippen LogP contribution is -2.24. The van der Waals surface area contributed by atoms with Crippen molar-refractivity contribution >= 4 is 5.78 Å². The standard InChI is InChI=1S/C31H22F2N2O/c32-27-13-5-21(6-14-27)17-29(25-9-1-23(19-34)2-10-25)31(36)30(18-22-7-15-28(33)16-8-22)26-11-3-24(20-35)4-12-26/h1-16,29-30H,17-18H2. The monoisotopic (exact) mass is 476 g/mol. The fourth-order valence-corrected chi connectivity index (χ4v) is 4.30. The number of benzene rings is 4. The Balaban J connectivity index is 1.76. The number of ketones is 1. The van der Waals surface area contributed by atoms with Crippen molar-refractivity contribution in [3.63, 3.8) is 0 Å². The minimum absolute atomic E-state index is 0.0573. The number of nitriles is 2. The molecule has 0 N–H and O–H groups in total. The van der Waals surface area contributed by atoms with Crippen LogP contribution in [0.5, 0.6) is 0 Å². The van der Waals surface area contributed by atoms with Crippen molar-refractivity contribution in [2.45, 2.75) is 24.7 Å². The van der Waals surface area contributed by atoms with Gasteiger partial charge in [-0.2, -0.15) is 10.5 Å². The summed E-state index contributed by atoms with van der Waals surface area (Å²) in [5.41, 5.74) is 4.09. The summed E-state index contributed by atoms with van der Waals surface area (Å²) in [5, 5.41) is 18.4. The van der Waals surface area contributed by atoms with Gasteiger partial charge in [0.25, 0.3) is 0 Å². The fourth-order valence-electron chi connectivity index (χ4n) is 4.30. The Labute approximate surface area is 208 Å². The van der Waals surface area contributed by atoms with E-state index in [1.807, 2.05) is 0 Å². The maximum Gasteiger partial charge on any atom is 0.148 e. The van der Waals surface area contributed by atoms with Gasteiger partial charge in [-0.05, 0) is 83.6 Å². The predicted octanol–water partition coefficient (Wildman–Crippen LogP) is 6.63. The van der Waals surface area contributed by atoms with E-state index in [1.54, 1.807) is 72.8 Å². The van der Waals surface area contributed by atoms with Crippen molar-refractivity contribution in [3.05, 3.63) is 142 Å². The molecule has 0 radical (unpaired) electrons. The van der Waals surface area contributed by atoms with Gasteiger partial charge in [0.15, 0.2) is 0 Å². The molecule has 5 heteroatoms. The molecule has 176 valence electrons. The third kappa shape index (κ3) is 5.90. The lowest BCUT2D eigenvalue weighted by atomic mass is 9.78. The lowest BCUT2D eigenvalue weighted by Gasteiger charge is -2.24. The number of nitrogens with zero attached hydrogens (tertiary/aromatic N) is 2. The van der Waals surface area contributed by atoms with Gasteiger partial charge in [0.1, 0.15) is 17.4 Å². The summed E-state index contributed by atoms with van der Waals surface area (Å²) in [6, 6.07) is 30.1. The van der Waals surface area contributed by atoms with Gasteiger partial charge in [-0.15, -0.1) is 0 Å². The minimum atomic E-state index is -0.565. The van der Waals surface area contributed by atoms with E-state index in [9.17, 15) is 24.1 Å². The van der Waals surface area contributed by atoms with Gasteiger partial charge >= 0.3 is 0 Å². The first-order valence-corrected chi connectivity index (χ1v) is 11.5. The number of hydrogen-bond donors (Lipinski definition) is 0. The SMILES string of the molecule is N#Cc1ccc(C(Cc2ccc(F)cc2)C(=O)C(Cc2ccc(F)cc2)c2ccc(C#N)cc2)cc1. The van der Waals surface area contributed by atoms with Gasteiger partial charge < -0.3 is 0 Å². The third-order valence-corrected chi connectivity index (χ3v) is 6.28. The van der Waals surface area contributed by atoms with Crippen LogP contribution in [0.4, 0.5) is 8.78 Å². The average molecular weight is 477 g/mol. The zero-order valence-electron chi connectivity index (χ0n) is 19.4. The molecule has 0 heterocycles. The van der Waals surface area contributed by atoms with Gasteiger partial charge in [-0.3, -0.25) is 4.79 Å². The smallest absolute Gasteiger partial charge is 0.148 e. The quantitative estimate of drug-likeness (QED) is 0.287. The number of rotatable bonds is 8. The van der Waals surface area contributed by atoms with E-state index in [1.165, 1.54) is 24.3 Å². The molecule has 3 nitrogen and oxygen atoms in total. The van der Waals surface area contributed by atoms with Crippen LogP contribution in [-0.2, 0) is 17.6 Å². The van der Waals surface area contributed by atoms with Gasteiger partial charge in [0, 0.05) is 11.8 Å². The van der Waals surface area contributed by atoms with E-state index < -0.39 is 11.8 Å². The van der Waals surface area contributed by atoms with E-state index >= 15 is 0 Å². The first kappa shape index (κ1) is 24.5. The number of halogens is 2. The highest BCUT2D eigenvalue weighted by molar-refractivity contribution is 5.92. The summed E-state index contributed by atoms with van der Waals surface area (Å²) < 4.78 is 27.0. The molecule has 0 aromatic heterocycles. The van der Waals surface area contributed by atoms with Crippen LogP contribution in [0.3, 0.4) is 0 Å². The van der Waals surface area contributed by atoms with Crippen molar-refractivity contribution in [2.75, 3.05) is 0 Å². The van der Waals surface area contributed by atoms with Gasteiger partial charge in [0.2, 0.25) is 0 Å². The van der Waals surface area contributed by atoms with Crippen LogP contribution in [0.15, 0.2) is 97.1 Å². The Hall–Kier alpha value is -4.61. The molecule has 2 unspecified atom stereocenters. The zero-order chi connectivity index (χ0) is 25.5. The Bertz CT molecular complexity index is 1300. The lowest BCUT2D eigenvalue weighted by molar-refractivity contribution is -0.122. The molecule has 0 aliphatic heterocycles. The number of hydrogen-bond acceptors (Lipinski definition) is 3. The number of carbonyl (C=O) groups is 1. The predicted molar refractivity (Wildman–Crippen MR) is 133 cm³/mol. The summed E-state index contributed by atoms with van der Waals surface area (Å²) in [6.07, 6.45) is 0.697. The molecule has 0 saturated heterocycles. The van der Waals surface area contributed by atoms with Crippen LogP contribution >= 0.6 is 0 Å². The Kier molecular flexibility index (Phi) is 7.63. The first-order valence-electron chi connectivity index (χ1n) is 11.5.